The lowest BCUT2D eigenvalue weighted by atomic mass is 10.0. The molecule has 2 aromatic carbocycles. The van der Waals surface area contributed by atoms with Crippen LogP contribution >= 0.6 is 22.7 Å². The number of aromatic nitrogens is 2. The zero-order chi connectivity index (χ0) is 17.7. The third kappa shape index (κ3) is 2.72. The molecule has 5 rings (SSSR count). The maximum atomic E-state index is 9.96. The van der Waals surface area contributed by atoms with Gasteiger partial charge in [-0.1, -0.05) is 6.07 Å². The van der Waals surface area contributed by atoms with Gasteiger partial charge in [0, 0.05) is 12.0 Å². The molecule has 2 N–H and O–H groups in total. The molecular formula is C19H16N2O3S2. The minimum absolute atomic E-state index is 0.162. The lowest BCUT2D eigenvalue weighted by molar-refractivity contribution is -0.0225. The van der Waals surface area contributed by atoms with Crippen molar-refractivity contribution in [3.05, 3.63) is 47.5 Å². The van der Waals surface area contributed by atoms with Crippen LogP contribution in [0.4, 0.5) is 0 Å². The number of nitrogens with zero attached hydrogens (tertiary/aromatic N) is 2. The van der Waals surface area contributed by atoms with Crippen molar-refractivity contribution in [1.29, 1.82) is 0 Å². The second-order valence-corrected chi connectivity index (χ2v) is 8.35. The Hall–Kier alpha value is -1.90. The maximum absolute atomic E-state index is 9.96. The van der Waals surface area contributed by atoms with Gasteiger partial charge in [0.15, 0.2) is 0 Å². The van der Waals surface area contributed by atoms with E-state index in [1.165, 1.54) is 0 Å². The van der Waals surface area contributed by atoms with Gasteiger partial charge in [0.1, 0.15) is 11.1 Å². The van der Waals surface area contributed by atoms with Crippen LogP contribution < -0.4 is 0 Å². The largest absolute Gasteiger partial charge is 0.394 e. The van der Waals surface area contributed by atoms with Crippen molar-refractivity contribution in [2.45, 2.75) is 24.7 Å². The van der Waals surface area contributed by atoms with Crippen LogP contribution in [-0.4, -0.2) is 39.0 Å². The van der Waals surface area contributed by atoms with E-state index in [0.29, 0.717) is 6.42 Å². The van der Waals surface area contributed by atoms with Gasteiger partial charge < -0.3 is 14.9 Å². The van der Waals surface area contributed by atoms with E-state index in [1.54, 1.807) is 22.7 Å². The Morgan fingerprint density at radius 2 is 2.00 bits per heavy atom. The number of aliphatic hydroxyl groups is 2. The molecule has 0 radical (unpaired) electrons. The van der Waals surface area contributed by atoms with Crippen molar-refractivity contribution >= 4 is 43.1 Å². The maximum Gasteiger partial charge on any atom is 0.124 e. The number of aliphatic hydroxyl groups excluding tert-OH is 2. The van der Waals surface area contributed by atoms with E-state index < -0.39 is 12.2 Å². The van der Waals surface area contributed by atoms with E-state index in [0.717, 1.165) is 36.6 Å². The fourth-order valence-corrected chi connectivity index (χ4v) is 5.09. The Bertz CT molecular complexity index is 1090. The first-order chi connectivity index (χ1) is 12.7. The fraction of sp³-hybridized carbons (Fsp3) is 0.263. The lowest BCUT2D eigenvalue weighted by Gasteiger charge is -2.12. The van der Waals surface area contributed by atoms with Crippen molar-refractivity contribution in [3.63, 3.8) is 0 Å². The first-order valence-electron chi connectivity index (χ1n) is 8.40. The summed E-state index contributed by atoms with van der Waals surface area (Å²) in [6.45, 7) is -0.162. The molecule has 1 fully saturated rings. The molecule has 3 atom stereocenters. The minimum Gasteiger partial charge on any atom is -0.394 e. The molecule has 5 nitrogen and oxygen atoms in total. The molecule has 0 saturated carbocycles. The van der Waals surface area contributed by atoms with Crippen LogP contribution in [0.2, 0.25) is 0 Å². The summed E-state index contributed by atoms with van der Waals surface area (Å²) in [6.07, 6.45) is -0.807. The fourth-order valence-electron chi connectivity index (χ4n) is 3.36. The van der Waals surface area contributed by atoms with Crippen LogP contribution in [0.15, 0.2) is 41.9 Å². The summed E-state index contributed by atoms with van der Waals surface area (Å²) in [4.78, 5) is 9.08. The van der Waals surface area contributed by atoms with Gasteiger partial charge in [-0.2, -0.15) is 0 Å². The van der Waals surface area contributed by atoms with E-state index in [2.05, 4.69) is 23.2 Å². The summed E-state index contributed by atoms with van der Waals surface area (Å²) in [6, 6.07) is 12.3. The van der Waals surface area contributed by atoms with E-state index in [1.807, 2.05) is 23.7 Å². The van der Waals surface area contributed by atoms with Crippen molar-refractivity contribution in [1.82, 2.24) is 9.97 Å². The highest BCUT2D eigenvalue weighted by Gasteiger charge is 2.34. The Morgan fingerprint density at radius 1 is 1.12 bits per heavy atom. The van der Waals surface area contributed by atoms with E-state index in [-0.39, 0.29) is 12.7 Å². The van der Waals surface area contributed by atoms with E-state index >= 15 is 0 Å². The molecule has 0 amide bonds. The molecule has 0 aliphatic carbocycles. The third-order valence-corrected chi connectivity index (χ3v) is 6.63. The van der Waals surface area contributed by atoms with Crippen LogP contribution in [0.5, 0.6) is 0 Å². The predicted molar refractivity (Wildman–Crippen MR) is 104 cm³/mol. The van der Waals surface area contributed by atoms with E-state index in [4.69, 9.17) is 9.72 Å². The Balaban J connectivity index is 1.50. The van der Waals surface area contributed by atoms with Gasteiger partial charge in [-0.25, -0.2) is 9.97 Å². The second-order valence-electron chi connectivity index (χ2n) is 6.43. The molecule has 0 bridgehead atoms. The lowest BCUT2D eigenvalue weighted by Crippen LogP contribution is -2.24. The highest BCUT2D eigenvalue weighted by atomic mass is 32.1. The zero-order valence-electron chi connectivity index (χ0n) is 13.7. The molecule has 1 aliphatic rings. The molecule has 1 saturated heterocycles. The number of benzene rings is 2. The summed E-state index contributed by atoms with van der Waals surface area (Å²) in [5, 5.41) is 20.2. The number of hydrogen-bond acceptors (Lipinski definition) is 7. The van der Waals surface area contributed by atoms with Crippen molar-refractivity contribution in [2.75, 3.05) is 6.61 Å². The molecule has 132 valence electrons. The van der Waals surface area contributed by atoms with Crippen LogP contribution in [0.3, 0.4) is 0 Å². The SMILES string of the molecule is OC[C@H]1O[C@@H](c2ccc3nc(-c4ccc5ncsc5c4)sc3c2)CC1O. The van der Waals surface area contributed by atoms with Gasteiger partial charge >= 0.3 is 0 Å². The average molecular weight is 384 g/mol. The number of fused-ring (bicyclic) bond motifs is 2. The molecule has 1 unspecified atom stereocenters. The van der Waals surface area contributed by atoms with Gasteiger partial charge in [0.05, 0.1) is 44.8 Å². The Morgan fingerprint density at radius 3 is 2.85 bits per heavy atom. The Labute approximate surface area is 157 Å². The highest BCUT2D eigenvalue weighted by Crippen LogP contribution is 2.37. The third-order valence-electron chi connectivity index (χ3n) is 4.77. The van der Waals surface area contributed by atoms with Gasteiger partial charge in [-0.15, -0.1) is 22.7 Å². The number of thiazole rings is 2. The minimum atomic E-state index is -0.621. The van der Waals surface area contributed by atoms with Crippen molar-refractivity contribution in [3.8, 4) is 10.6 Å². The van der Waals surface area contributed by atoms with Gasteiger partial charge in [-0.3, -0.25) is 0 Å². The summed E-state index contributed by atoms with van der Waals surface area (Å²) in [5.74, 6) is 0. The number of ether oxygens (including phenoxy) is 1. The molecule has 26 heavy (non-hydrogen) atoms. The first kappa shape index (κ1) is 16.3. The Kier molecular flexibility index (Phi) is 3.99. The monoisotopic (exact) mass is 384 g/mol. The molecule has 2 aromatic heterocycles. The van der Waals surface area contributed by atoms with Gasteiger partial charge in [0.2, 0.25) is 0 Å². The summed E-state index contributed by atoms with van der Waals surface area (Å²) in [7, 11) is 0. The quantitative estimate of drug-likeness (QED) is 0.563. The van der Waals surface area contributed by atoms with Gasteiger partial charge in [0.25, 0.3) is 0 Å². The molecule has 7 heteroatoms. The van der Waals surface area contributed by atoms with Gasteiger partial charge in [-0.05, 0) is 35.9 Å². The first-order valence-corrected chi connectivity index (χ1v) is 10.1. The number of rotatable bonds is 3. The molecule has 3 heterocycles. The average Bonchev–Trinajstić information content (AvgIpc) is 3.37. The summed E-state index contributed by atoms with van der Waals surface area (Å²) >= 11 is 3.28. The summed E-state index contributed by atoms with van der Waals surface area (Å²) in [5.41, 5.74) is 5.93. The zero-order valence-corrected chi connectivity index (χ0v) is 15.3. The van der Waals surface area contributed by atoms with Crippen molar-refractivity contribution < 1.29 is 14.9 Å². The van der Waals surface area contributed by atoms with Crippen molar-refractivity contribution in [2.24, 2.45) is 0 Å². The van der Waals surface area contributed by atoms with Crippen LogP contribution in [0.1, 0.15) is 18.1 Å². The molecule has 4 aromatic rings. The summed E-state index contributed by atoms with van der Waals surface area (Å²) < 4.78 is 8.02. The van der Waals surface area contributed by atoms with Crippen LogP contribution in [0.25, 0.3) is 31.0 Å². The highest BCUT2D eigenvalue weighted by molar-refractivity contribution is 7.21. The molecule has 1 aliphatic heterocycles. The topological polar surface area (TPSA) is 75.5 Å². The molecular weight excluding hydrogens is 368 g/mol. The normalized spacial score (nSPS) is 23.2. The van der Waals surface area contributed by atoms with E-state index in [9.17, 15) is 10.2 Å². The standard InChI is InChI=1S/C19H16N2O3S2/c22-8-16-14(23)7-15(24-16)10-1-4-13-18(5-10)26-19(21-13)11-2-3-12-17(6-11)25-9-20-12/h1-6,9,14-16,22-23H,7-8H2/t14?,15-,16-/m1/s1. The smallest absolute Gasteiger partial charge is 0.124 e. The second kappa shape index (κ2) is 6.37. The number of hydrogen-bond donors (Lipinski definition) is 2. The predicted octanol–water partition coefficient (Wildman–Crippen LogP) is 3.76. The van der Waals surface area contributed by atoms with Crippen LogP contribution in [0, 0.1) is 0 Å². The molecule has 0 spiro atoms. The van der Waals surface area contributed by atoms with Crippen LogP contribution in [-0.2, 0) is 4.74 Å².